The zero-order valence-corrected chi connectivity index (χ0v) is 24.5. The molecule has 0 spiro atoms. The van der Waals surface area contributed by atoms with Gasteiger partial charge in [0.1, 0.15) is 5.75 Å². The molecule has 2 aromatic carbocycles. The van der Waals surface area contributed by atoms with Crippen molar-refractivity contribution in [2.75, 3.05) is 26.9 Å². The lowest BCUT2D eigenvalue weighted by atomic mass is 9.68. The average Bonchev–Trinajstić information content (AvgIpc) is 3.24. The van der Waals surface area contributed by atoms with Crippen molar-refractivity contribution >= 4 is 29.4 Å². The van der Waals surface area contributed by atoms with E-state index in [1.54, 1.807) is 12.1 Å². The number of aliphatic hydroxyl groups is 2. The number of rotatable bonds is 15. The van der Waals surface area contributed by atoms with Crippen molar-refractivity contribution in [3.05, 3.63) is 76.9 Å². The number of aliphatic hydroxyl groups excluding tert-OH is 2. The molecule has 1 heterocycles. The van der Waals surface area contributed by atoms with Crippen LogP contribution in [0.2, 0.25) is 0 Å². The van der Waals surface area contributed by atoms with Gasteiger partial charge >= 0.3 is 5.97 Å². The number of carboxylic acid groups (broad SMARTS) is 1. The fourth-order valence-electron chi connectivity index (χ4n) is 6.45. The average molecular weight is 592 g/mol. The lowest BCUT2D eigenvalue weighted by molar-refractivity contribution is -0.141. The Bertz CT molecular complexity index is 1330. The van der Waals surface area contributed by atoms with E-state index in [2.05, 4.69) is 0 Å². The molecule has 0 bridgehead atoms. The van der Waals surface area contributed by atoms with Crippen molar-refractivity contribution in [2.24, 2.45) is 17.8 Å². The molecule has 1 aliphatic heterocycles. The van der Waals surface area contributed by atoms with Crippen LogP contribution in [-0.2, 0) is 19.1 Å². The number of phenolic OH excluding ortho intramolecular Hbond substituents is 1. The van der Waals surface area contributed by atoms with E-state index in [0.29, 0.717) is 37.7 Å². The molecule has 4 N–H and O–H groups in total. The maximum Gasteiger partial charge on any atom is 0.303 e. The number of phenols is 1. The number of nitrogens with zero attached hydrogens (tertiary/aromatic N) is 1. The number of carboxylic acids is 1. The molecule has 1 aliphatic carbocycles. The highest BCUT2D eigenvalue weighted by Gasteiger charge is 2.54. The number of hydrogen-bond donors (Lipinski definition) is 4. The van der Waals surface area contributed by atoms with Gasteiger partial charge in [-0.05, 0) is 72.1 Å². The van der Waals surface area contributed by atoms with Crippen LogP contribution in [0.25, 0.3) is 11.6 Å². The van der Waals surface area contributed by atoms with Crippen LogP contribution in [-0.4, -0.2) is 76.1 Å². The largest absolute Gasteiger partial charge is 0.508 e. The molecule has 9 nitrogen and oxygen atoms in total. The van der Waals surface area contributed by atoms with Gasteiger partial charge < -0.3 is 25.2 Å². The molecule has 2 aromatic rings. The summed E-state index contributed by atoms with van der Waals surface area (Å²) in [5.74, 6) is -3.42. The monoisotopic (exact) mass is 591 g/mol. The minimum atomic E-state index is -0.969. The third-order valence-electron chi connectivity index (χ3n) is 8.49. The highest BCUT2D eigenvalue weighted by molar-refractivity contribution is 6.05. The molecular weight excluding hydrogens is 550 g/mol. The first kappa shape index (κ1) is 32.1. The van der Waals surface area contributed by atoms with Crippen molar-refractivity contribution in [2.45, 2.75) is 51.0 Å². The van der Waals surface area contributed by atoms with Gasteiger partial charge in [0.2, 0.25) is 11.8 Å². The Morgan fingerprint density at radius 3 is 2.40 bits per heavy atom. The predicted molar refractivity (Wildman–Crippen MR) is 162 cm³/mol. The van der Waals surface area contributed by atoms with E-state index in [1.807, 2.05) is 48.5 Å². The number of unbranched alkanes of at least 4 members (excludes halogenated alkanes) is 2. The highest BCUT2D eigenvalue weighted by Crippen LogP contribution is 2.46. The van der Waals surface area contributed by atoms with Crippen LogP contribution in [0.5, 0.6) is 5.75 Å². The number of imide groups is 1. The summed E-state index contributed by atoms with van der Waals surface area (Å²) in [4.78, 5) is 38.9. The lowest BCUT2D eigenvalue weighted by Gasteiger charge is -2.36. The normalized spacial score (nSPS) is 21.3. The SMILES string of the molecule is COCC1=C([C@H](O)CC/C(=C/c2ccc(O)cc2)c2ccccc2)[C@H](CO)[C@@H]2C(=O)N(CCCCCC(=O)O)C(=O)[C@@H]2C1. The van der Waals surface area contributed by atoms with Crippen LogP contribution in [0.4, 0.5) is 0 Å². The number of allylic oxidation sites excluding steroid dienone is 1. The third kappa shape index (κ3) is 7.79. The maximum absolute atomic E-state index is 13.5. The molecule has 2 aliphatic rings. The van der Waals surface area contributed by atoms with E-state index in [9.17, 15) is 29.7 Å². The Hall–Kier alpha value is -3.79. The Morgan fingerprint density at radius 2 is 1.74 bits per heavy atom. The highest BCUT2D eigenvalue weighted by atomic mass is 16.5. The fraction of sp³-hybridized carbons (Fsp3) is 0.441. The van der Waals surface area contributed by atoms with Crippen LogP contribution >= 0.6 is 0 Å². The number of carbonyl (C=O) groups excluding carboxylic acids is 2. The second kappa shape index (κ2) is 15.1. The van der Waals surface area contributed by atoms with Crippen molar-refractivity contribution in [3.63, 3.8) is 0 Å². The molecule has 0 radical (unpaired) electrons. The quantitative estimate of drug-likeness (QED) is 0.104. The number of carbonyl (C=O) groups is 3. The number of benzene rings is 2. The molecule has 4 atom stereocenters. The zero-order chi connectivity index (χ0) is 30.9. The van der Waals surface area contributed by atoms with Crippen molar-refractivity contribution < 1.29 is 39.5 Å². The third-order valence-corrected chi connectivity index (χ3v) is 8.49. The topological polar surface area (TPSA) is 145 Å². The molecule has 0 aromatic heterocycles. The maximum atomic E-state index is 13.5. The summed E-state index contributed by atoms with van der Waals surface area (Å²) in [6.07, 6.45) is 3.75. The van der Waals surface area contributed by atoms with Crippen LogP contribution in [0.3, 0.4) is 0 Å². The molecular formula is C34H41NO8. The van der Waals surface area contributed by atoms with Gasteiger partial charge in [0.15, 0.2) is 0 Å². The summed E-state index contributed by atoms with van der Waals surface area (Å²) < 4.78 is 5.45. The standard InChI is InChI=1S/C34H41NO8/c1-43-21-25-19-27-32(34(42)35(33(27)41)17-7-3-6-10-30(39)40)28(20-36)31(25)29(38)16-13-24(23-8-4-2-5-9-23)18-22-11-14-26(37)15-12-22/h2,4-5,8-9,11-12,14-15,18,27-29,32,36-38H,3,6-7,10,13,16-17,19-21H2,1H3,(H,39,40)/b24-18-/t27-,28+,29-,32-/m1/s1. The number of methoxy groups -OCH3 is 1. The molecule has 0 saturated carbocycles. The molecule has 2 amide bonds. The number of amides is 2. The van der Waals surface area contributed by atoms with Gasteiger partial charge in [-0.2, -0.15) is 0 Å². The first-order chi connectivity index (χ1) is 20.7. The summed E-state index contributed by atoms with van der Waals surface area (Å²) >= 11 is 0. The minimum Gasteiger partial charge on any atom is -0.508 e. The Labute approximate surface area is 252 Å². The van der Waals surface area contributed by atoms with E-state index in [0.717, 1.165) is 22.3 Å². The molecule has 43 heavy (non-hydrogen) atoms. The van der Waals surface area contributed by atoms with E-state index in [-0.39, 0.29) is 50.2 Å². The zero-order valence-electron chi connectivity index (χ0n) is 24.5. The lowest BCUT2D eigenvalue weighted by Crippen LogP contribution is -2.39. The second-order valence-corrected chi connectivity index (χ2v) is 11.3. The van der Waals surface area contributed by atoms with Gasteiger partial charge in [-0.3, -0.25) is 19.3 Å². The number of aromatic hydroxyl groups is 1. The van der Waals surface area contributed by atoms with E-state index in [4.69, 9.17) is 9.84 Å². The van der Waals surface area contributed by atoms with Gasteiger partial charge in [0.05, 0.1) is 31.2 Å². The van der Waals surface area contributed by atoms with Crippen LogP contribution in [0, 0.1) is 17.8 Å². The first-order valence-electron chi connectivity index (χ1n) is 14.9. The summed E-state index contributed by atoms with van der Waals surface area (Å²) in [5.41, 5.74) is 4.19. The minimum absolute atomic E-state index is 0.0430. The van der Waals surface area contributed by atoms with Gasteiger partial charge in [-0.1, -0.05) is 55.0 Å². The first-order valence-corrected chi connectivity index (χ1v) is 14.9. The number of likely N-dealkylation sites (tertiary alicyclic amines) is 1. The van der Waals surface area contributed by atoms with E-state index >= 15 is 0 Å². The molecule has 4 rings (SSSR count). The summed E-state index contributed by atoms with van der Waals surface area (Å²) in [6, 6.07) is 16.7. The van der Waals surface area contributed by atoms with Crippen molar-refractivity contribution in [1.29, 1.82) is 0 Å². The number of hydrogen-bond acceptors (Lipinski definition) is 7. The predicted octanol–water partition coefficient (Wildman–Crippen LogP) is 4.28. The summed E-state index contributed by atoms with van der Waals surface area (Å²) in [7, 11) is 1.54. The van der Waals surface area contributed by atoms with Crippen LogP contribution in [0.1, 0.15) is 56.1 Å². The second-order valence-electron chi connectivity index (χ2n) is 11.3. The molecule has 230 valence electrons. The van der Waals surface area contributed by atoms with Crippen molar-refractivity contribution in [1.82, 2.24) is 4.90 Å². The van der Waals surface area contributed by atoms with Gasteiger partial charge in [0.25, 0.3) is 0 Å². The molecule has 1 fully saturated rings. The summed E-state index contributed by atoms with van der Waals surface area (Å²) in [6.45, 7) is 0.00121. The van der Waals surface area contributed by atoms with Crippen molar-refractivity contribution in [3.8, 4) is 5.75 Å². The fourth-order valence-corrected chi connectivity index (χ4v) is 6.45. The number of fused-ring (bicyclic) bond motifs is 1. The smallest absolute Gasteiger partial charge is 0.303 e. The molecule has 9 heteroatoms. The molecule has 0 unspecified atom stereocenters. The number of aliphatic carboxylic acids is 1. The van der Waals surface area contributed by atoms with Crippen LogP contribution < -0.4 is 0 Å². The van der Waals surface area contributed by atoms with Crippen LogP contribution in [0.15, 0.2) is 65.7 Å². The number of ether oxygens (including phenoxy) is 1. The Kier molecular flexibility index (Phi) is 11.3. The van der Waals surface area contributed by atoms with Gasteiger partial charge in [0, 0.05) is 26.0 Å². The van der Waals surface area contributed by atoms with Gasteiger partial charge in [-0.15, -0.1) is 0 Å². The van der Waals surface area contributed by atoms with E-state index < -0.39 is 29.8 Å². The summed E-state index contributed by atoms with van der Waals surface area (Å²) in [5, 5.41) is 40.7. The van der Waals surface area contributed by atoms with Gasteiger partial charge in [-0.25, -0.2) is 0 Å². The Balaban J connectivity index is 1.54. The molecule has 1 saturated heterocycles. The Morgan fingerprint density at radius 1 is 1.02 bits per heavy atom. The van der Waals surface area contributed by atoms with E-state index in [1.165, 1.54) is 12.0 Å².